The average Bonchev–Trinajstić information content (AvgIpc) is 3.07. The summed E-state index contributed by atoms with van der Waals surface area (Å²) in [5, 5.41) is 0. The van der Waals surface area contributed by atoms with Crippen molar-refractivity contribution >= 4 is 0 Å². The third kappa shape index (κ3) is 39.7. The Morgan fingerprint density at radius 3 is 0.696 bits per heavy atom. The van der Waals surface area contributed by atoms with Gasteiger partial charge in [-0.1, -0.05) is 250 Å². The number of rotatable bonds is 42. The largest absolute Gasteiger partial charge is 0.103 e. The standard InChI is InChI=1S/C46H90/c1-4-7-10-12-14-16-18-20-22-24-26-28-30-32-34-36-38-41-44-46(43-40-9-6-3)45-42-39-37-35-33-31-29-27-25-23-21-19-17-15-13-11-8-5-2/h4-5,46H,1-2,6-45H2,3H3. The van der Waals surface area contributed by atoms with Gasteiger partial charge in [0.15, 0.2) is 0 Å². The van der Waals surface area contributed by atoms with Crippen LogP contribution in [0.4, 0.5) is 0 Å². The minimum atomic E-state index is 1.03. The van der Waals surface area contributed by atoms with E-state index in [9.17, 15) is 0 Å². The third-order valence-corrected chi connectivity index (χ3v) is 10.8. The maximum absolute atomic E-state index is 3.82. The molecule has 274 valence electrons. The Bertz CT molecular complexity index is 502. The molecule has 0 radical (unpaired) electrons. The van der Waals surface area contributed by atoms with Gasteiger partial charge in [-0.3, -0.25) is 0 Å². The van der Waals surface area contributed by atoms with Crippen LogP contribution in [-0.2, 0) is 0 Å². The zero-order valence-electron chi connectivity index (χ0n) is 32.4. The summed E-state index contributed by atoms with van der Waals surface area (Å²) >= 11 is 0. The Morgan fingerprint density at radius 1 is 0.283 bits per heavy atom. The van der Waals surface area contributed by atoms with E-state index >= 15 is 0 Å². The molecule has 0 spiro atoms. The van der Waals surface area contributed by atoms with Crippen LogP contribution >= 0.6 is 0 Å². The SMILES string of the molecule is C=CCCCCCCCCCCCCCCCCCCC(CCCCC)CCCCCCCCCCCCCCCCCCC=C. The molecule has 0 aliphatic heterocycles. The highest BCUT2D eigenvalue weighted by molar-refractivity contribution is 4.66. The number of hydrogen-bond donors (Lipinski definition) is 0. The van der Waals surface area contributed by atoms with Crippen LogP contribution in [0.25, 0.3) is 0 Å². The molecule has 0 aliphatic rings. The fourth-order valence-corrected chi connectivity index (χ4v) is 7.51. The first-order chi connectivity index (χ1) is 22.8. The topological polar surface area (TPSA) is 0 Å². The van der Waals surface area contributed by atoms with Crippen molar-refractivity contribution in [2.75, 3.05) is 0 Å². The molecule has 0 amide bonds. The van der Waals surface area contributed by atoms with E-state index in [0.29, 0.717) is 0 Å². The predicted octanol–water partition coefficient (Wildman–Crippen LogP) is 17.6. The van der Waals surface area contributed by atoms with Gasteiger partial charge in [0.05, 0.1) is 0 Å². The van der Waals surface area contributed by atoms with E-state index < -0.39 is 0 Å². The highest BCUT2D eigenvalue weighted by Gasteiger charge is 2.08. The van der Waals surface area contributed by atoms with E-state index in [0.717, 1.165) is 5.92 Å². The van der Waals surface area contributed by atoms with Gasteiger partial charge in [0.1, 0.15) is 0 Å². The summed E-state index contributed by atoms with van der Waals surface area (Å²) in [7, 11) is 0. The van der Waals surface area contributed by atoms with Crippen LogP contribution in [0.3, 0.4) is 0 Å². The smallest absolute Gasteiger partial charge is 0.0353 e. The molecular formula is C46H90. The lowest BCUT2D eigenvalue weighted by Crippen LogP contribution is -2.01. The summed E-state index contributed by atoms with van der Waals surface area (Å²) in [4.78, 5) is 0. The highest BCUT2D eigenvalue weighted by atomic mass is 14.1. The molecule has 0 heteroatoms. The van der Waals surface area contributed by atoms with Gasteiger partial charge < -0.3 is 0 Å². The fraction of sp³-hybridized carbons (Fsp3) is 0.913. The van der Waals surface area contributed by atoms with Gasteiger partial charge >= 0.3 is 0 Å². The van der Waals surface area contributed by atoms with E-state index in [2.05, 4.69) is 32.2 Å². The molecule has 0 fully saturated rings. The molecule has 0 nitrogen and oxygen atoms in total. The van der Waals surface area contributed by atoms with Crippen molar-refractivity contribution < 1.29 is 0 Å². The normalized spacial score (nSPS) is 11.5. The van der Waals surface area contributed by atoms with E-state index in [4.69, 9.17) is 0 Å². The summed E-state index contributed by atoms with van der Waals surface area (Å²) in [5.41, 5.74) is 0. The zero-order chi connectivity index (χ0) is 33.3. The lowest BCUT2D eigenvalue weighted by atomic mass is 9.89. The molecule has 0 aromatic carbocycles. The van der Waals surface area contributed by atoms with E-state index in [1.165, 1.54) is 257 Å². The maximum Gasteiger partial charge on any atom is -0.0353 e. The van der Waals surface area contributed by atoms with Crippen LogP contribution in [-0.4, -0.2) is 0 Å². The molecule has 0 unspecified atom stereocenters. The molecule has 0 aromatic rings. The second-order valence-corrected chi connectivity index (χ2v) is 15.4. The van der Waals surface area contributed by atoms with Crippen molar-refractivity contribution in [1.82, 2.24) is 0 Å². The molecule has 0 aliphatic carbocycles. The van der Waals surface area contributed by atoms with Gasteiger partial charge in [-0.05, 0) is 31.6 Å². The molecule has 0 saturated carbocycles. The first-order valence-corrected chi connectivity index (χ1v) is 22.1. The average molecular weight is 643 g/mol. The summed E-state index contributed by atoms with van der Waals surface area (Å²) in [6, 6.07) is 0. The van der Waals surface area contributed by atoms with E-state index in [1.54, 1.807) is 0 Å². The molecular weight excluding hydrogens is 553 g/mol. The van der Waals surface area contributed by atoms with E-state index in [1.807, 2.05) is 0 Å². The molecule has 0 bridgehead atoms. The molecule has 0 atom stereocenters. The van der Waals surface area contributed by atoms with Crippen LogP contribution in [0.2, 0.25) is 0 Å². The molecule has 0 rings (SSSR count). The predicted molar refractivity (Wildman–Crippen MR) is 214 cm³/mol. The Kier molecular flexibility index (Phi) is 42.0. The van der Waals surface area contributed by atoms with Crippen molar-refractivity contribution in [3.8, 4) is 0 Å². The van der Waals surface area contributed by atoms with Crippen LogP contribution in [0.15, 0.2) is 25.3 Å². The highest BCUT2D eigenvalue weighted by Crippen LogP contribution is 2.25. The van der Waals surface area contributed by atoms with Gasteiger partial charge in [-0.25, -0.2) is 0 Å². The number of hydrogen-bond acceptors (Lipinski definition) is 0. The molecule has 0 aromatic heterocycles. The summed E-state index contributed by atoms with van der Waals surface area (Å²) < 4.78 is 0. The Labute approximate surface area is 294 Å². The lowest BCUT2D eigenvalue weighted by Gasteiger charge is -2.17. The van der Waals surface area contributed by atoms with E-state index in [-0.39, 0.29) is 0 Å². The second kappa shape index (κ2) is 42.5. The lowest BCUT2D eigenvalue weighted by molar-refractivity contribution is 0.367. The van der Waals surface area contributed by atoms with Crippen molar-refractivity contribution in [1.29, 1.82) is 0 Å². The van der Waals surface area contributed by atoms with Gasteiger partial charge in [-0.15, -0.1) is 13.2 Å². The zero-order valence-corrected chi connectivity index (χ0v) is 32.4. The first kappa shape index (κ1) is 45.5. The molecule has 0 N–H and O–H groups in total. The Balaban J connectivity index is 3.51. The number of allylic oxidation sites excluding steroid dienone is 2. The second-order valence-electron chi connectivity index (χ2n) is 15.4. The first-order valence-electron chi connectivity index (χ1n) is 22.1. The Morgan fingerprint density at radius 2 is 0.478 bits per heavy atom. The van der Waals surface area contributed by atoms with Crippen LogP contribution in [0, 0.1) is 5.92 Å². The molecule has 46 heavy (non-hydrogen) atoms. The molecule has 0 heterocycles. The van der Waals surface area contributed by atoms with Gasteiger partial charge in [0.25, 0.3) is 0 Å². The molecule has 0 saturated heterocycles. The minimum Gasteiger partial charge on any atom is -0.103 e. The summed E-state index contributed by atoms with van der Waals surface area (Å²) in [6.45, 7) is 10.00. The quantitative estimate of drug-likeness (QED) is 0.0459. The Hall–Kier alpha value is -0.520. The van der Waals surface area contributed by atoms with Gasteiger partial charge in [0.2, 0.25) is 0 Å². The van der Waals surface area contributed by atoms with Crippen molar-refractivity contribution in [3.05, 3.63) is 25.3 Å². The summed E-state index contributed by atoms with van der Waals surface area (Å²) in [5.74, 6) is 1.03. The van der Waals surface area contributed by atoms with Gasteiger partial charge in [0, 0.05) is 0 Å². The summed E-state index contributed by atoms with van der Waals surface area (Å²) in [6.07, 6.45) is 62.3. The van der Waals surface area contributed by atoms with Crippen molar-refractivity contribution in [3.63, 3.8) is 0 Å². The van der Waals surface area contributed by atoms with Crippen molar-refractivity contribution in [2.45, 2.75) is 264 Å². The number of unbranched alkanes of at least 4 members (excludes halogenated alkanes) is 34. The third-order valence-electron chi connectivity index (χ3n) is 10.8. The van der Waals surface area contributed by atoms with Crippen LogP contribution in [0.1, 0.15) is 264 Å². The maximum atomic E-state index is 3.82. The van der Waals surface area contributed by atoms with Gasteiger partial charge in [-0.2, -0.15) is 0 Å². The fourth-order valence-electron chi connectivity index (χ4n) is 7.51. The monoisotopic (exact) mass is 643 g/mol. The minimum absolute atomic E-state index is 1.03. The van der Waals surface area contributed by atoms with Crippen LogP contribution in [0.5, 0.6) is 0 Å². The van der Waals surface area contributed by atoms with Crippen LogP contribution < -0.4 is 0 Å². The van der Waals surface area contributed by atoms with Crippen molar-refractivity contribution in [2.24, 2.45) is 5.92 Å².